The van der Waals surface area contributed by atoms with Gasteiger partial charge < -0.3 is 0 Å². The molecule has 114 valence electrons. The molecule has 0 atom stereocenters. The van der Waals surface area contributed by atoms with Gasteiger partial charge in [0.25, 0.3) is 5.78 Å². The van der Waals surface area contributed by atoms with Crippen LogP contribution in [0, 0.1) is 52.8 Å². The lowest BCUT2D eigenvalue weighted by Gasteiger charge is -2.01. The maximum atomic E-state index is 13.3. The molecule has 0 spiro atoms. The summed E-state index contributed by atoms with van der Waals surface area (Å²) in [5, 5.41) is 0. The molecule has 0 aromatic heterocycles. The molecule has 0 aliphatic heterocycles. The first-order chi connectivity index (χ1) is 10.9. The van der Waals surface area contributed by atoms with Gasteiger partial charge in [-0.15, -0.1) is 0 Å². The highest BCUT2D eigenvalue weighted by molar-refractivity contribution is 6.09. The third kappa shape index (κ3) is 3.56. The van der Waals surface area contributed by atoms with Crippen molar-refractivity contribution < 1.29 is 26.7 Å². The standard InChI is InChI=1S/C17H5F5O/c18-13-12(14(19)16(21)17(22)15(13)20)9-8-11(23)7-6-10-4-2-1-3-5-10/h1-5H. The summed E-state index contributed by atoms with van der Waals surface area (Å²) in [7, 11) is 0. The average Bonchev–Trinajstić information content (AvgIpc) is 2.57. The topological polar surface area (TPSA) is 17.1 Å². The zero-order chi connectivity index (χ0) is 17.0. The van der Waals surface area contributed by atoms with Crippen LogP contribution >= 0.6 is 0 Å². The number of ketones is 1. The van der Waals surface area contributed by atoms with E-state index in [0.29, 0.717) is 5.56 Å². The third-order valence-electron chi connectivity index (χ3n) is 2.60. The lowest BCUT2D eigenvalue weighted by atomic mass is 10.1. The van der Waals surface area contributed by atoms with Gasteiger partial charge in [-0.3, -0.25) is 4.79 Å². The second kappa shape index (κ2) is 6.76. The van der Waals surface area contributed by atoms with Gasteiger partial charge in [-0.25, -0.2) is 22.0 Å². The van der Waals surface area contributed by atoms with E-state index in [1.807, 2.05) is 0 Å². The Morgan fingerprint density at radius 3 is 1.74 bits per heavy atom. The normalized spacial score (nSPS) is 9.43. The molecule has 0 unspecified atom stereocenters. The van der Waals surface area contributed by atoms with E-state index in [-0.39, 0.29) is 0 Å². The molecule has 0 amide bonds. The van der Waals surface area contributed by atoms with Crippen LogP contribution in [0.1, 0.15) is 11.1 Å². The molecular formula is C17H5F5O. The predicted molar refractivity (Wildman–Crippen MR) is 71.4 cm³/mol. The summed E-state index contributed by atoms with van der Waals surface area (Å²) in [6.07, 6.45) is 0. The van der Waals surface area contributed by atoms with Crippen LogP contribution < -0.4 is 0 Å². The molecule has 0 aliphatic rings. The van der Waals surface area contributed by atoms with Crippen LogP contribution in [-0.4, -0.2) is 5.78 Å². The van der Waals surface area contributed by atoms with E-state index in [1.165, 1.54) is 0 Å². The monoisotopic (exact) mass is 320 g/mol. The molecule has 1 nitrogen and oxygen atoms in total. The van der Waals surface area contributed by atoms with Crippen molar-refractivity contribution in [3.63, 3.8) is 0 Å². The molecule has 0 N–H and O–H groups in total. The van der Waals surface area contributed by atoms with Crippen LogP contribution in [-0.2, 0) is 4.79 Å². The molecule has 6 heteroatoms. The quantitative estimate of drug-likeness (QED) is 0.315. The molecule has 2 aromatic rings. The molecular weight excluding hydrogens is 315 g/mol. The highest BCUT2D eigenvalue weighted by Crippen LogP contribution is 2.22. The van der Waals surface area contributed by atoms with Gasteiger partial charge in [-0.05, 0) is 24.0 Å². The highest BCUT2D eigenvalue weighted by atomic mass is 19.2. The molecule has 2 rings (SSSR count). The van der Waals surface area contributed by atoms with Crippen LogP contribution in [0.15, 0.2) is 30.3 Å². The Morgan fingerprint density at radius 2 is 1.17 bits per heavy atom. The summed E-state index contributed by atoms with van der Waals surface area (Å²) in [5.41, 5.74) is -0.879. The summed E-state index contributed by atoms with van der Waals surface area (Å²) in [4.78, 5) is 11.4. The van der Waals surface area contributed by atoms with Crippen molar-refractivity contribution in [3.05, 3.63) is 70.5 Å². The minimum absolute atomic E-state index is 0.499. The van der Waals surface area contributed by atoms with Gasteiger partial charge in [-0.1, -0.05) is 30.0 Å². The van der Waals surface area contributed by atoms with Crippen molar-refractivity contribution in [1.82, 2.24) is 0 Å². The van der Waals surface area contributed by atoms with Crippen LogP contribution in [0.3, 0.4) is 0 Å². The first-order valence-electron chi connectivity index (χ1n) is 6.06. The first kappa shape index (κ1) is 16.3. The minimum Gasteiger partial charge on any atom is -0.270 e. The zero-order valence-corrected chi connectivity index (χ0v) is 11.2. The number of carbonyl (C=O) groups excluding carboxylic acids is 1. The van der Waals surface area contributed by atoms with Gasteiger partial charge in [0, 0.05) is 5.56 Å². The Labute approximate surface area is 127 Å². The fourth-order valence-electron chi connectivity index (χ4n) is 1.52. The summed E-state index contributed by atoms with van der Waals surface area (Å²) in [6, 6.07) is 8.30. The van der Waals surface area contributed by atoms with E-state index in [1.54, 1.807) is 42.2 Å². The smallest absolute Gasteiger partial charge is 0.270 e. The van der Waals surface area contributed by atoms with Gasteiger partial charge in [-0.2, -0.15) is 0 Å². The number of rotatable bonds is 0. The van der Waals surface area contributed by atoms with Crippen molar-refractivity contribution in [2.24, 2.45) is 0 Å². The van der Waals surface area contributed by atoms with E-state index in [4.69, 9.17) is 0 Å². The van der Waals surface area contributed by atoms with Crippen LogP contribution in [0.5, 0.6) is 0 Å². The van der Waals surface area contributed by atoms with E-state index in [0.717, 1.165) is 0 Å². The Kier molecular flexibility index (Phi) is 4.78. The number of Topliss-reactive ketones (excluding diaryl/α,β-unsaturated/α-hetero) is 1. The van der Waals surface area contributed by atoms with E-state index in [2.05, 4.69) is 11.8 Å². The molecule has 0 bridgehead atoms. The largest absolute Gasteiger partial charge is 0.279 e. The predicted octanol–water partition coefficient (Wildman–Crippen LogP) is 3.35. The van der Waals surface area contributed by atoms with Gasteiger partial charge in [0.05, 0.1) is 0 Å². The molecule has 0 radical (unpaired) electrons. The fraction of sp³-hybridized carbons (Fsp3) is 0. The number of benzene rings is 2. The molecule has 0 saturated carbocycles. The van der Waals surface area contributed by atoms with E-state index in [9.17, 15) is 26.7 Å². The van der Waals surface area contributed by atoms with Gasteiger partial charge in [0.1, 0.15) is 5.56 Å². The number of hydrogen-bond donors (Lipinski definition) is 0. The SMILES string of the molecule is O=C(C#Cc1ccccc1)C#Cc1c(F)c(F)c(F)c(F)c1F. The Bertz CT molecular complexity index is 867. The van der Waals surface area contributed by atoms with E-state index >= 15 is 0 Å². The fourth-order valence-corrected chi connectivity index (χ4v) is 1.52. The summed E-state index contributed by atoms with van der Waals surface area (Å²) >= 11 is 0. The Hall–Kier alpha value is -3.12. The summed E-state index contributed by atoms with van der Waals surface area (Å²) < 4.78 is 65.4. The lowest BCUT2D eigenvalue weighted by molar-refractivity contribution is -0.108. The molecule has 0 heterocycles. The maximum Gasteiger partial charge on any atom is 0.279 e. The zero-order valence-electron chi connectivity index (χ0n) is 11.2. The summed E-state index contributed by atoms with van der Waals surface area (Å²) in [5.74, 6) is -3.90. The van der Waals surface area contributed by atoms with Crippen LogP contribution in [0.4, 0.5) is 22.0 Å². The number of halogens is 5. The Balaban J connectivity index is 2.33. The van der Waals surface area contributed by atoms with Crippen LogP contribution in [0.25, 0.3) is 0 Å². The van der Waals surface area contributed by atoms with Crippen molar-refractivity contribution in [2.45, 2.75) is 0 Å². The molecule has 0 aliphatic carbocycles. The van der Waals surface area contributed by atoms with E-state index < -0.39 is 40.4 Å². The second-order valence-corrected chi connectivity index (χ2v) is 4.14. The van der Waals surface area contributed by atoms with Crippen molar-refractivity contribution in [3.8, 4) is 23.7 Å². The first-order valence-corrected chi connectivity index (χ1v) is 6.06. The number of hydrogen-bond acceptors (Lipinski definition) is 1. The van der Waals surface area contributed by atoms with Crippen LogP contribution in [0.2, 0.25) is 0 Å². The van der Waals surface area contributed by atoms with Crippen molar-refractivity contribution in [1.29, 1.82) is 0 Å². The van der Waals surface area contributed by atoms with Gasteiger partial charge in [0.2, 0.25) is 5.82 Å². The molecule has 0 fully saturated rings. The Morgan fingerprint density at radius 1 is 0.696 bits per heavy atom. The minimum atomic E-state index is -2.29. The second-order valence-electron chi connectivity index (χ2n) is 4.14. The maximum absolute atomic E-state index is 13.3. The average molecular weight is 320 g/mol. The molecule has 0 saturated heterocycles. The van der Waals surface area contributed by atoms with Crippen molar-refractivity contribution in [2.75, 3.05) is 0 Å². The highest BCUT2D eigenvalue weighted by Gasteiger charge is 2.24. The molecule has 2 aromatic carbocycles. The number of carbonyl (C=O) groups is 1. The van der Waals surface area contributed by atoms with Gasteiger partial charge in [0.15, 0.2) is 23.3 Å². The van der Waals surface area contributed by atoms with Gasteiger partial charge >= 0.3 is 0 Å². The summed E-state index contributed by atoms with van der Waals surface area (Å²) in [6.45, 7) is 0. The molecule has 23 heavy (non-hydrogen) atoms. The van der Waals surface area contributed by atoms with Crippen molar-refractivity contribution >= 4 is 5.78 Å². The third-order valence-corrected chi connectivity index (χ3v) is 2.60. The lowest BCUT2D eigenvalue weighted by Crippen LogP contribution is -2.04.